The van der Waals surface area contributed by atoms with E-state index in [1.165, 1.54) is 0 Å². The van der Waals surface area contributed by atoms with Crippen molar-refractivity contribution in [2.45, 2.75) is 6.92 Å². The van der Waals surface area contributed by atoms with Crippen LogP contribution < -0.4 is 4.98 Å². The van der Waals surface area contributed by atoms with Gasteiger partial charge in [-0.3, -0.25) is 0 Å². The van der Waals surface area contributed by atoms with Gasteiger partial charge < -0.3 is 4.98 Å². The SMILES string of the molecule is Cc1[nH+]c2[nH]c(=S)[nH]c2cc1Br. The summed E-state index contributed by atoms with van der Waals surface area (Å²) in [5, 5.41) is 0. The second-order valence-corrected chi connectivity index (χ2v) is 3.87. The number of pyridine rings is 1. The normalized spacial score (nSPS) is 10.8. The fourth-order valence-corrected chi connectivity index (χ4v) is 1.63. The van der Waals surface area contributed by atoms with E-state index in [9.17, 15) is 0 Å². The van der Waals surface area contributed by atoms with Gasteiger partial charge in [-0.25, -0.2) is 9.97 Å². The Balaban J connectivity index is 2.92. The Morgan fingerprint density at radius 1 is 1.50 bits per heavy atom. The molecule has 2 heterocycles. The standard InChI is InChI=1S/C7H6BrN3S/c1-3-4(8)2-5-6(9-3)11-7(12)10-5/h2H,1H3,(H2,9,10,11,12)/p+1. The molecular formula is C7H7BrN3S+. The quantitative estimate of drug-likeness (QED) is 0.686. The Labute approximate surface area is 82.4 Å². The summed E-state index contributed by atoms with van der Waals surface area (Å²) in [6.07, 6.45) is 0. The third-order valence-electron chi connectivity index (χ3n) is 1.70. The molecule has 2 aromatic rings. The minimum Gasteiger partial charge on any atom is -0.306 e. The van der Waals surface area contributed by atoms with Gasteiger partial charge in [-0.2, -0.15) is 0 Å². The Morgan fingerprint density at radius 3 is 3.00 bits per heavy atom. The van der Waals surface area contributed by atoms with Gasteiger partial charge in [0, 0.05) is 0 Å². The van der Waals surface area contributed by atoms with Crippen LogP contribution in [-0.2, 0) is 0 Å². The zero-order valence-electron chi connectivity index (χ0n) is 6.36. The lowest BCUT2D eigenvalue weighted by Gasteiger charge is -1.91. The van der Waals surface area contributed by atoms with Crippen LogP contribution >= 0.6 is 28.1 Å². The molecule has 3 nitrogen and oxygen atoms in total. The molecule has 0 saturated heterocycles. The van der Waals surface area contributed by atoms with Gasteiger partial charge in [0.05, 0.1) is 4.47 Å². The van der Waals surface area contributed by atoms with Gasteiger partial charge >= 0.3 is 5.65 Å². The number of hydrogen-bond donors (Lipinski definition) is 2. The summed E-state index contributed by atoms with van der Waals surface area (Å²) >= 11 is 8.38. The van der Waals surface area contributed by atoms with E-state index in [0.29, 0.717) is 4.77 Å². The number of hydrogen-bond acceptors (Lipinski definition) is 1. The molecule has 3 N–H and O–H groups in total. The van der Waals surface area contributed by atoms with E-state index in [-0.39, 0.29) is 0 Å². The number of rotatable bonds is 0. The molecule has 0 atom stereocenters. The Morgan fingerprint density at radius 2 is 2.25 bits per heavy atom. The minimum absolute atomic E-state index is 0.638. The largest absolute Gasteiger partial charge is 0.306 e. The lowest BCUT2D eigenvalue weighted by molar-refractivity contribution is -0.358. The maximum atomic E-state index is 4.95. The highest BCUT2D eigenvalue weighted by molar-refractivity contribution is 9.10. The van der Waals surface area contributed by atoms with Crippen LogP contribution in [0.5, 0.6) is 0 Å². The van der Waals surface area contributed by atoms with Crippen LogP contribution in [0.15, 0.2) is 10.5 Å². The third kappa shape index (κ3) is 1.19. The molecule has 0 amide bonds. The molecule has 0 aliphatic rings. The maximum Gasteiger partial charge on any atom is 0.303 e. The maximum absolute atomic E-state index is 4.95. The summed E-state index contributed by atoms with van der Waals surface area (Å²) in [7, 11) is 0. The van der Waals surface area contributed by atoms with Crippen LogP contribution in [0.1, 0.15) is 5.69 Å². The van der Waals surface area contributed by atoms with E-state index in [4.69, 9.17) is 12.2 Å². The average Bonchev–Trinajstić information content (AvgIpc) is 2.30. The number of aryl methyl sites for hydroxylation is 1. The molecule has 5 heteroatoms. The molecule has 0 aromatic carbocycles. The van der Waals surface area contributed by atoms with Gasteiger partial charge in [-0.15, -0.1) is 0 Å². The minimum atomic E-state index is 0.638. The van der Waals surface area contributed by atoms with Crippen molar-refractivity contribution in [1.82, 2.24) is 9.97 Å². The molecule has 62 valence electrons. The van der Waals surface area contributed by atoms with Gasteiger partial charge in [0.15, 0.2) is 0 Å². The van der Waals surface area contributed by atoms with Crippen molar-refractivity contribution in [1.29, 1.82) is 0 Å². The van der Waals surface area contributed by atoms with E-state index in [1.807, 2.05) is 13.0 Å². The summed E-state index contributed by atoms with van der Waals surface area (Å²) < 4.78 is 1.68. The molecule has 0 radical (unpaired) electrons. The van der Waals surface area contributed by atoms with Crippen molar-refractivity contribution in [3.05, 3.63) is 21.0 Å². The number of fused-ring (bicyclic) bond motifs is 1. The third-order valence-corrected chi connectivity index (χ3v) is 2.73. The van der Waals surface area contributed by atoms with Gasteiger partial charge in [0.25, 0.3) is 4.77 Å². The lowest BCUT2D eigenvalue weighted by atomic mass is 10.3. The van der Waals surface area contributed by atoms with E-state index >= 15 is 0 Å². The number of halogens is 1. The van der Waals surface area contributed by atoms with Gasteiger partial charge in [-0.1, -0.05) is 0 Å². The molecule has 2 aromatic heterocycles. The smallest absolute Gasteiger partial charge is 0.303 e. The van der Waals surface area contributed by atoms with Gasteiger partial charge in [-0.05, 0) is 41.1 Å². The lowest BCUT2D eigenvalue weighted by Crippen LogP contribution is -2.08. The van der Waals surface area contributed by atoms with Crippen LogP contribution in [0, 0.1) is 11.7 Å². The highest BCUT2D eigenvalue weighted by Crippen LogP contribution is 2.15. The Kier molecular flexibility index (Phi) is 1.77. The zero-order valence-corrected chi connectivity index (χ0v) is 8.77. The highest BCUT2D eigenvalue weighted by Gasteiger charge is 2.06. The fourth-order valence-electron chi connectivity index (χ4n) is 1.09. The highest BCUT2D eigenvalue weighted by atomic mass is 79.9. The molecule has 2 rings (SSSR count). The monoisotopic (exact) mass is 244 g/mol. The molecular weight excluding hydrogens is 238 g/mol. The summed E-state index contributed by atoms with van der Waals surface area (Å²) in [6.45, 7) is 1.99. The van der Waals surface area contributed by atoms with Crippen LogP contribution in [0.3, 0.4) is 0 Å². The predicted molar refractivity (Wildman–Crippen MR) is 52.5 cm³/mol. The van der Waals surface area contributed by atoms with Crippen LogP contribution in [0.2, 0.25) is 0 Å². The molecule has 12 heavy (non-hydrogen) atoms. The first-order chi connectivity index (χ1) is 5.66. The number of H-pyrrole nitrogens is 3. The van der Waals surface area contributed by atoms with Crippen molar-refractivity contribution < 1.29 is 4.98 Å². The Hall–Kier alpha value is -0.680. The second kappa shape index (κ2) is 2.67. The van der Waals surface area contributed by atoms with Gasteiger partial charge in [0.2, 0.25) is 0 Å². The first kappa shape index (κ1) is 7.94. The summed E-state index contributed by atoms with van der Waals surface area (Å²) in [6, 6.07) is 1.99. The molecule has 0 fully saturated rings. The first-order valence-electron chi connectivity index (χ1n) is 3.47. The van der Waals surface area contributed by atoms with Crippen LogP contribution in [0.4, 0.5) is 0 Å². The summed E-state index contributed by atoms with van der Waals surface area (Å²) in [5.74, 6) is 0. The van der Waals surface area contributed by atoms with Gasteiger partial charge in [0.1, 0.15) is 11.2 Å². The van der Waals surface area contributed by atoms with Crippen molar-refractivity contribution in [2.24, 2.45) is 0 Å². The molecule has 0 bridgehead atoms. The van der Waals surface area contributed by atoms with E-state index in [2.05, 4.69) is 30.9 Å². The van der Waals surface area contributed by atoms with Crippen molar-refractivity contribution in [3.8, 4) is 0 Å². The first-order valence-corrected chi connectivity index (χ1v) is 4.67. The number of aromatic nitrogens is 3. The molecule has 0 saturated carbocycles. The van der Waals surface area contributed by atoms with E-state index in [0.717, 1.165) is 21.3 Å². The molecule has 0 unspecified atom stereocenters. The number of imidazole rings is 1. The zero-order chi connectivity index (χ0) is 8.72. The van der Waals surface area contributed by atoms with E-state index < -0.39 is 0 Å². The number of aromatic amines is 3. The second-order valence-electron chi connectivity index (χ2n) is 2.61. The Bertz CT molecular complexity index is 443. The van der Waals surface area contributed by atoms with Crippen molar-refractivity contribution in [2.75, 3.05) is 0 Å². The van der Waals surface area contributed by atoms with Crippen LogP contribution in [-0.4, -0.2) is 9.97 Å². The van der Waals surface area contributed by atoms with E-state index in [1.54, 1.807) is 0 Å². The molecule has 0 spiro atoms. The topological polar surface area (TPSA) is 45.7 Å². The fraction of sp³-hybridized carbons (Fsp3) is 0.143. The average molecular weight is 245 g/mol. The van der Waals surface area contributed by atoms with Crippen molar-refractivity contribution >= 4 is 39.3 Å². The van der Waals surface area contributed by atoms with Crippen molar-refractivity contribution in [3.63, 3.8) is 0 Å². The molecule has 0 aliphatic carbocycles. The summed E-state index contributed by atoms with van der Waals surface area (Å²) in [4.78, 5) is 9.21. The predicted octanol–water partition coefficient (Wildman–Crippen LogP) is 2.11. The number of nitrogens with one attached hydrogen (secondary N) is 3. The summed E-state index contributed by atoms with van der Waals surface area (Å²) in [5.41, 5.74) is 2.99. The molecule has 0 aliphatic heterocycles. The van der Waals surface area contributed by atoms with Crippen LogP contribution in [0.25, 0.3) is 11.2 Å².